The first-order valence-electron chi connectivity index (χ1n) is 9.50. The largest absolute Gasteiger partial charge is 0.484 e. The minimum atomic E-state index is -0.559. The molecule has 0 fully saturated rings. The Labute approximate surface area is 175 Å². The maximum absolute atomic E-state index is 12.1. The van der Waals surface area contributed by atoms with E-state index in [1.807, 2.05) is 54.6 Å². The van der Waals surface area contributed by atoms with Gasteiger partial charge in [0.1, 0.15) is 18.1 Å². The number of hydrogen-bond donors (Lipinski definition) is 1. The van der Waals surface area contributed by atoms with Crippen LogP contribution in [0.2, 0.25) is 0 Å². The number of ether oxygens (including phenoxy) is 3. The molecule has 0 spiro atoms. The molecule has 154 valence electrons. The van der Waals surface area contributed by atoms with Crippen molar-refractivity contribution in [3.63, 3.8) is 0 Å². The Bertz CT molecular complexity index is 988. The number of primary amides is 1. The Hall–Kier alpha value is -3.80. The summed E-state index contributed by atoms with van der Waals surface area (Å²) in [5.41, 5.74) is 7.95. The molecule has 3 aromatic carbocycles. The molecule has 0 radical (unpaired) electrons. The summed E-state index contributed by atoms with van der Waals surface area (Å²) in [4.78, 5) is 22.9. The second-order valence-electron chi connectivity index (χ2n) is 6.62. The zero-order chi connectivity index (χ0) is 21.2. The third-order valence-corrected chi connectivity index (χ3v) is 4.23. The van der Waals surface area contributed by atoms with E-state index >= 15 is 0 Å². The van der Waals surface area contributed by atoms with Crippen LogP contribution in [-0.2, 0) is 27.4 Å². The highest BCUT2D eigenvalue weighted by Gasteiger charge is 2.09. The molecule has 0 saturated heterocycles. The lowest BCUT2D eigenvalue weighted by Crippen LogP contribution is -2.20. The van der Waals surface area contributed by atoms with Crippen LogP contribution < -0.4 is 15.2 Å². The zero-order valence-corrected chi connectivity index (χ0v) is 16.5. The molecular weight excluding hydrogens is 382 g/mol. The van der Waals surface area contributed by atoms with Crippen molar-refractivity contribution < 1.29 is 23.8 Å². The Kier molecular flexibility index (Phi) is 7.44. The van der Waals surface area contributed by atoms with Crippen molar-refractivity contribution >= 4 is 11.9 Å². The Morgan fingerprint density at radius 2 is 1.50 bits per heavy atom. The van der Waals surface area contributed by atoms with Gasteiger partial charge in [-0.2, -0.15) is 0 Å². The van der Waals surface area contributed by atoms with Gasteiger partial charge in [-0.1, -0.05) is 60.7 Å². The minimum Gasteiger partial charge on any atom is -0.484 e. The topological polar surface area (TPSA) is 87.9 Å². The number of carbonyl (C=O) groups is 2. The standard InChI is InChI=1S/C24H23NO5/c25-23(26)16-28-21-11-6-9-19(14-21)15-30-24(27)17-29-22-12-5-4-10-20(22)13-18-7-2-1-3-8-18/h1-12,14H,13,15-17H2,(H2,25,26). The van der Waals surface area contributed by atoms with Crippen molar-refractivity contribution in [2.45, 2.75) is 13.0 Å². The first-order chi connectivity index (χ1) is 14.6. The molecule has 0 aliphatic carbocycles. The Morgan fingerprint density at radius 1 is 0.767 bits per heavy atom. The van der Waals surface area contributed by atoms with Gasteiger partial charge in [0.05, 0.1) is 0 Å². The maximum atomic E-state index is 12.1. The van der Waals surface area contributed by atoms with Crippen molar-refractivity contribution in [2.75, 3.05) is 13.2 Å². The molecule has 0 unspecified atom stereocenters. The summed E-state index contributed by atoms with van der Waals surface area (Å²) in [5, 5.41) is 0. The third-order valence-electron chi connectivity index (χ3n) is 4.23. The van der Waals surface area contributed by atoms with Crippen LogP contribution in [0.3, 0.4) is 0 Å². The normalized spacial score (nSPS) is 10.3. The fraction of sp³-hybridized carbons (Fsp3) is 0.167. The monoisotopic (exact) mass is 405 g/mol. The maximum Gasteiger partial charge on any atom is 0.344 e. The van der Waals surface area contributed by atoms with Crippen LogP contribution in [-0.4, -0.2) is 25.1 Å². The number of benzene rings is 3. The fourth-order valence-electron chi connectivity index (χ4n) is 2.83. The predicted molar refractivity (Wildman–Crippen MR) is 112 cm³/mol. The van der Waals surface area contributed by atoms with Crippen molar-refractivity contribution in [3.05, 3.63) is 95.6 Å². The molecule has 30 heavy (non-hydrogen) atoms. The zero-order valence-electron chi connectivity index (χ0n) is 16.5. The molecule has 0 saturated carbocycles. The molecule has 2 N–H and O–H groups in total. The van der Waals surface area contributed by atoms with Crippen LogP contribution >= 0.6 is 0 Å². The number of amides is 1. The van der Waals surface area contributed by atoms with Gasteiger partial charge in [0, 0.05) is 6.42 Å². The summed E-state index contributed by atoms with van der Waals surface area (Å²) in [6, 6.07) is 24.6. The molecule has 0 bridgehead atoms. The second kappa shape index (κ2) is 10.7. The summed E-state index contributed by atoms with van der Waals surface area (Å²) in [6.07, 6.45) is 0.712. The Morgan fingerprint density at radius 3 is 2.30 bits per heavy atom. The summed E-state index contributed by atoms with van der Waals surface area (Å²) in [6.45, 7) is -0.329. The summed E-state index contributed by atoms with van der Waals surface area (Å²) in [5.74, 6) is 0.0955. The molecule has 0 aliphatic rings. The number of para-hydroxylation sites is 1. The molecule has 3 aromatic rings. The average molecular weight is 405 g/mol. The van der Waals surface area contributed by atoms with Gasteiger partial charge < -0.3 is 19.9 Å². The van der Waals surface area contributed by atoms with E-state index in [0.717, 1.165) is 16.7 Å². The molecule has 0 heterocycles. The minimum absolute atomic E-state index is 0.0711. The van der Waals surface area contributed by atoms with Gasteiger partial charge in [-0.05, 0) is 34.9 Å². The van der Waals surface area contributed by atoms with E-state index in [0.29, 0.717) is 17.9 Å². The van der Waals surface area contributed by atoms with Gasteiger partial charge in [-0.25, -0.2) is 4.79 Å². The fourth-order valence-corrected chi connectivity index (χ4v) is 2.83. The highest BCUT2D eigenvalue weighted by Crippen LogP contribution is 2.21. The lowest BCUT2D eigenvalue weighted by atomic mass is 10.0. The number of esters is 1. The first kappa shape index (κ1) is 20.9. The smallest absolute Gasteiger partial charge is 0.344 e. The molecule has 0 atom stereocenters. The number of hydrogen-bond acceptors (Lipinski definition) is 5. The SMILES string of the molecule is NC(=O)COc1cccc(COC(=O)COc2ccccc2Cc2ccccc2)c1. The lowest BCUT2D eigenvalue weighted by Gasteiger charge is -2.12. The van der Waals surface area contributed by atoms with Gasteiger partial charge in [-0.3, -0.25) is 4.79 Å². The van der Waals surface area contributed by atoms with Gasteiger partial charge in [0.2, 0.25) is 0 Å². The molecule has 1 amide bonds. The second-order valence-corrected chi connectivity index (χ2v) is 6.62. The number of nitrogens with two attached hydrogens (primary N) is 1. The summed E-state index contributed by atoms with van der Waals surface area (Å²) >= 11 is 0. The van der Waals surface area contributed by atoms with Gasteiger partial charge in [-0.15, -0.1) is 0 Å². The van der Waals surface area contributed by atoms with Crippen LogP contribution in [0.15, 0.2) is 78.9 Å². The molecular formula is C24H23NO5. The molecule has 6 nitrogen and oxygen atoms in total. The van der Waals surface area contributed by atoms with Crippen LogP contribution in [0.25, 0.3) is 0 Å². The lowest BCUT2D eigenvalue weighted by molar-refractivity contribution is -0.147. The quantitative estimate of drug-likeness (QED) is 0.523. The van der Waals surface area contributed by atoms with E-state index in [4.69, 9.17) is 19.9 Å². The molecule has 6 heteroatoms. The molecule has 3 rings (SSSR count). The predicted octanol–water partition coefficient (Wildman–Crippen LogP) is 3.26. The van der Waals surface area contributed by atoms with Gasteiger partial charge in [0.25, 0.3) is 5.91 Å². The Balaban J connectivity index is 1.51. The highest BCUT2D eigenvalue weighted by molar-refractivity contribution is 5.75. The van der Waals surface area contributed by atoms with Crippen LogP contribution in [0.1, 0.15) is 16.7 Å². The molecule has 0 aromatic heterocycles. The van der Waals surface area contributed by atoms with E-state index in [1.165, 1.54) is 0 Å². The van der Waals surface area contributed by atoms with Gasteiger partial charge in [0.15, 0.2) is 13.2 Å². The average Bonchev–Trinajstić information content (AvgIpc) is 2.77. The van der Waals surface area contributed by atoms with Crippen molar-refractivity contribution in [1.29, 1.82) is 0 Å². The van der Waals surface area contributed by atoms with Crippen LogP contribution in [0.5, 0.6) is 11.5 Å². The van der Waals surface area contributed by atoms with Crippen molar-refractivity contribution in [2.24, 2.45) is 5.73 Å². The van der Waals surface area contributed by atoms with E-state index in [-0.39, 0.29) is 19.8 Å². The number of rotatable bonds is 10. The third kappa shape index (κ3) is 6.67. The highest BCUT2D eigenvalue weighted by atomic mass is 16.6. The first-order valence-corrected chi connectivity index (χ1v) is 9.50. The van der Waals surface area contributed by atoms with Crippen molar-refractivity contribution in [3.8, 4) is 11.5 Å². The van der Waals surface area contributed by atoms with E-state index < -0.39 is 11.9 Å². The van der Waals surface area contributed by atoms with E-state index in [1.54, 1.807) is 24.3 Å². The summed E-state index contributed by atoms with van der Waals surface area (Å²) < 4.78 is 16.2. The van der Waals surface area contributed by atoms with E-state index in [2.05, 4.69) is 0 Å². The van der Waals surface area contributed by atoms with Crippen LogP contribution in [0.4, 0.5) is 0 Å². The number of carbonyl (C=O) groups excluding carboxylic acids is 2. The van der Waals surface area contributed by atoms with E-state index in [9.17, 15) is 9.59 Å². The molecule has 0 aliphatic heterocycles. The van der Waals surface area contributed by atoms with Crippen molar-refractivity contribution in [1.82, 2.24) is 0 Å². The van der Waals surface area contributed by atoms with Gasteiger partial charge >= 0.3 is 5.97 Å². The van der Waals surface area contributed by atoms with Crippen LogP contribution in [0, 0.1) is 0 Å². The summed E-state index contributed by atoms with van der Waals surface area (Å²) in [7, 11) is 0.